The van der Waals surface area contributed by atoms with Gasteiger partial charge in [-0.2, -0.15) is 0 Å². The largest absolute Gasteiger partial charge is 0.369 e. The van der Waals surface area contributed by atoms with Crippen LogP contribution in [0.2, 0.25) is 0 Å². The molecule has 1 aliphatic rings. The van der Waals surface area contributed by atoms with Gasteiger partial charge in [-0.25, -0.2) is 0 Å². The maximum absolute atomic E-state index is 11.1. The Bertz CT molecular complexity index is 395. The van der Waals surface area contributed by atoms with Crippen molar-refractivity contribution in [3.8, 4) is 0 Å². The number of carbonyl (C=O) groups excluding carboxylic acids is 1. The second-order valence-corrected chi connectivity index (χ2v) is 4.84. The minimum atomic E-state index is 0.223. The molecular weight excluding hydrogens is 212 g/mol. The van der Waals surface area contributed by atoms with E-state index >= 15 is 0 Å². The summed E-state index contributed by atoms with van der Waals surface area (Å²) in [5.41, 5.74) is 2.37. The highest BCUT2D eigenvalue weighted by Gasteiger charge is 2.14. The second kappa shape index (κ2) is 5.32. The highest BCUT2D eigenvalue weighted by atomic mass is 16.1. The van der Waals surface area contributed by atoms with Crippen molar-refractivity contribution in [3.05, 3.63) is 29.8 Å². The molecule has 0 aromatic heterocycles. The lowest BCUT2D eigenvalue weighted by atomic mass is 10.1. The Balaban J connectivity index is 2.07. The fraction of sp³-hybridized carbons (Fsp3) is 0.500. The minimum Gasteiger partial charge on any atom is -0.369 e. The zero-order valence-corrected chi connectivity index (χ0v) is 10.6. The van der Waals surface area contributed by atoms with Gasteiger partial charge >= 0.3 is 0 Å². The molecule has 1 saturated heterocycles. The highest BCUT2D eigenvalue weighted by molar-refractivity contribution is 5.78. The van der Waals surface area contributed by atoms with Gasteiger partial charge in [0.2, 0.25) is 0 Å². The van der Waals surface area contributed by atoms with E-state index in [4.69, 9.17) is 0 Å². The van der Waals surface area contributed by atoms with Crippen LogP contribution >= 0.6 is 0 Å². The molecular formula is C14H20N2O. The molecule has 0 aliphatic carbocycles. The molecule has 17 heavy (non-hydrogen) atoms. The van der Waals surface area contributed by atoms with Crippen molar-refractivity contribution in [2.45, 2.75) is 13.3 Å². The van der Waals surface area contributed by atoms with Crippen molar-refractivity contribution in [2.24, 2.45) is 0 Å². The number of benzene rings is 1. The Kier molecular flexibility index (Phi) is 3.79. The standard InChI is InChI=1S/C14H20N2O/c1-12(17)10-13-4-3-5-14(11-13)16-8-6-15(2)7-9-16/h3-5,11H,6-10H2,1-2H3. The van der Waals surface area contributed by atoms with Crippen LogP contribution in [0, 0.1) is 0 Å². The molecule has 2 rings (SSSR count). The number of nitrogens with zero attached hydrogens (tertiary/aromatic N) is 2. The van der Waals surface area contributed by atoms with Gasteiger partial charge in [0.25, 0.3) is 0 Å². The SMILES string of the molecule is CC(=O)Cc1cccc(N2CCN(C)CC2)c1. The van der Waals surface area contributed by atoms with E-state index in [1.54, 1.807) is 6.92 Å². The molecule has 0 spiro atoms. The van der Waals surface area contributed by atoms with Crippen LogP contribution in [-0.2, 0) is 11.2 Å². The summed E-state index contributed by atoms with van der Waals surface area (Å²) in [5, 5.41) is 0. The van der Waals surface area contributed by atoms with Gasteiger partial charge in [0.05, 0.1) is 0 Å². The Hall–Kier alpha value is -1.35. The Morgan fingerprint density at radius 2 is 1.94 bits per heavy atom. The summed E-state index contributed by atoms with van der Waals surface area (Å²) in [4.78, 5) is 15.9. The molecule has 0 atom stereocenters. The molecule has 3 heteroatoms. The number of likely N-dealkylation sites (N-methyl/N-ethyl adjacent to an activating group) is 1. The maximum atomic E-state index is 11.1. The first-order valence-corrected chi connectivity index (χ1v) is 6.17. The van der Waals surface area contributed by atoms with Crippen LogP contribution in [0.3, 0.4) is 0 Å². The third-order valence-corrected chi connectivity index (χ3v) is 3.23. The predicted molar refractivity (Wildman–Crippen MR) is 70.5 cm³/mol. The van der Waals surface area contributed by atoms with E-state index in [9.17, 15) is 4.79 Å². The minimum absolute atomic E-state index is 0.223. The summed E-state index contributed by atoms with van der Waals surface area (Å²) in [6, 6.07) is 8.36. The zero-order valence-electron chi connectivity index (χ0n) is 10.6. The summed E-state index contributed by atoms with van der Waals surface area (Å²) in [6.07, 6.45) is 0.543. The first-order chi connectivity index (χ1) is 8.15. The monoisotopic (exact) mass is 232 g/mol. The summed E-state index contributed by atoms with van der Waals surface area (Å²) < 4.78 is 0. The topological polar surface area (TPSA) is 23.6 Å². The number of rotatable bonds is 3. The van der Waals surface area contributed by atoms with Crippen LogP contribution in [-0.4, -0.2) is 43.9 Å². The molecule has 1 heterocycles. The molecule has 1 aromatic carbocycles. The first-order valence-electron chi connectivity index (χ1n) is 6.17. The summed E-state index contributed by atoms with van der Waals surface area (Å²) >= 11 is 0. The maximum Gasteiger partial charge on any atom is 0.134 e. The van der Waals surface area contributed by atoms with Crippen LogP contribution in [0.25, 0.3) is 0 Å². The van der Waals surface area contributed by atoms with Gasteiger partial charge in [-0.3, -0.25) is 4.79 Å². The smallest absolute Gasteiger partial charge is 0.134 e. The molecule has 0 radical (unpaired) electrons. The third-order valence-electron chi connectivity index (χ3n) is 3.23. The second-order valence-electron chi connectivity index (χ2n) is 4.84. The molecule has 0 bridgehead atoms. The van der Waals surface area contributed by atoms with Crippen molar-refractivity contribution in [1.82, 2.24) is 4.90 Å². The lowest BCUT2D eigenvalue weighted by Crippen LogP contribution is -2.44. The van der Waals surface area contributed by atoms with Crippen LogP contribution in [0.4, 0.5) is 5.69 Å². The van der Waals surface area contributed by atoms with Gasteiger partial charge in [-0.05, 0) is 31.7 Å². The van der Waals surface area contributed by atoms with Gasteiger partial charge in [0.1, 0.15) is 5.78 Å². The fourth-order valence-electron chi connectivity index (χ4n) is 2.22. The van der Waals surface area contributed by atoms with Crippen molar-refractivity contribution in [1.29, 1.82) is 0 Å². The number of Topliss-reactive ketones (excluding diaryl/α,β-unsaturated/α-hetero) is 1. The van der Waals surface area contributed by atoms with Gasteiger partial charge in [-0.1, -0.05) is 12.1 Å². The van der Waals surface area contributed by atoms with Crippen LogP contribution in [0.15, 0.2) is 24.3 Å². The van der Waals surface area contributed by atoms with E-state index in [1.165, 1.54) is 5.69 Å². The molecule has 3 nitrogen and oxygen atoms in total. The van der Waals surface area contributed by atoms with Crippen LogP contribution in [0.1, 0.15) is 12.5 Å². The number of hydrogen-bond donors (Lipinski definition) is 0. The van der Waals surface area contributed by atoms with Gasteiger partial charge < -0.3 is 9.80 Å². The quantitative estimate of drug-likeness (QED) is 0.790. The molecule has 1 aliphatic heterocycles. The molecule has 1 aromatic rings. The molecule has 0 unspecified atom stereocenters. The lowest BCUT2D eigenvalue weighted by molar-refractivity contribution is -0.116. The zero-order chi connectivity index (χ0) is 12.3. The van der Waals surface area contributed by atoms with Crippen molar-refractivity contribution < 1.29 is 4.79 Å². The summed E-state index contributed by atoms with van der Waals surface area (Å²) in [7, 11) is 2.16. The van der Waals surface area contributed by atoms with Crippen LogP contribution < -0.4 is 4.90 Å². The Morgan fingerprint density at radius 1 is 1.24 bits per heavy atom. The summed E-state index contributed by atoms with van der Waals surface area (Å²) in [6.45, 7) is 6.00. The number of ketones is 1. The average molecular weight is 232 g/mol. The number of piperazine rings is 1. The number of hydrogen-bond acceptors (Lipinski definition) is 3. The van der Waals surface area contributed by atoms with Crippen LogP contribution in [0.5, 0.6) is 0 Å². The molecule has 1 fully saturated rings. The van der Waals surface area contributed by atoms with E-state index < -0.39 is 0 Å². The molecule has 0 saturated carbocycles. The van der Waals surface area contributed by atoms with Crippen molar-refractivity contribution in [2.75, 3.05) is 38.1 Å². The fourth-order valence-corrected chi connectivity index (χ4v) is 2.22. The number of carbonyl (C=O) groups is 1. The molecule has 0 N–H and O–H groups in total. The van der Waals surface area contributed by atoms with Crippen molar-refractivity contribution >= 4 is 11.5 Å². The Labute approximate surface area is 103 Å². The van der Waals surface area contributed by atoms with E-state index in [0.717, 1.165) is 31.7 Å². The van der Waals surface area contributed by atoms with E-state index in [1.807, 2.05) is 12.1 Å². The normalized spacial score (nSPS) is 17.2. The molecule has 92 valence electrons. The average Bonchev–Trinajstić information content (AvgIpc) is 2.29. The summed E-state index contributed by atoms with van der Waals surface area (Å²) in [5.74, 6) is 0.223. The molecule has 0 amide bonds. The predicted octanol–water partition coefficient (Wildman–Crippen LogP) is 1.57. The third kappa shape index (κ3) is 3.30. The lowest BCUT2D eigenvalue weighted by Gasteiger charge is -2.34. The van der Waals surface area contributed by atoms with E-state index in [2.05, 4.69) is 29.0 Å². The van der Waals surface area contributed by atoms with Crippen molar-refractivity contribution in [3.63, 3.8) is 0 Å². The first kappa shape index (κ1) is 12.1. The van der Waals surface area contributed by atoms with Gasteiger partial charge in [0, 0.05) is 38.3 Å². The number of anilines is 1. The highest BCUT2D eigenvalue weighted by Crippen LogP contribution is 2.18. The van der Waals surface area contributed by atoms with Gasteiger partial charge in [0.15, 0.2) is 0 Å². The van der Waals surface area contributed by atoms with Gasteiger partial charge in [-0.15, -0.1) is 0 Å². The van der Waals surface area contributed by atoms with E-state index in [-0.39, 0.29) is 5.78 Å². The Morgan fingerprint density at radius 3 is 2.59 bits per heavy atom. The van der Waals surface area contributed by atoms with E-state index in [0.29, 0.717) is 6.42 Å².